The molecule has 0 amide bonds. The van der Waals surface area contributed by atoms with Crippen LogP contribution >= 0.6 is 11.6 Å². The number of nitrogens with zero attached hydrogens (tertiary/aromatic N) is 7. The van der Waals surface area contributed by atoms with Gasteiger partial charge in [0.1, 0.15) is 6.61 Å². The van der Waals surface area contributed by atoms with Crippen LogP contribution in [-0.4, -0.2) is 46.4 Å². The van der Waals surface area contributed by atoms with Gasteiger partial charge in [0, 0.05) is 30.3 Å². The van der Waals surface area contributed by atoms with Crippen molar-refractivity contribution in [3.63, 3.8) is 0 Å². The van der Waals surface area contributed by atoms with Gasteiger partial charge in [0.2, 0.25) is 0 Å². The Balaban J connectivity index is 1.84. The van der Waals surface area contributed by atoms with Gasteiger partial charge in [-0.15, -0.1) is 10.2 Å². The summed E-state index contributed by atoms with van der Waals surface area (Å²) in [5.74, 6) is 1.79. The summed E-state index contributed by atoms with van der Waals surface area (Å²) >= 11 is 6.08. The average Bonchev–Trinajstić information content (AvgIpc) is 3.40. The van der Waals surface area contributed by atoms with Crippen molar-refractivity contribution < 1.29 is 4.74 Å². The molecule has 10 nitrogen and oxygen atoms in total. The Labute approximate surface area is 180 Å². The quantitative estimate of drug-likeness (QED) is 0.450. The number of H-pyrrole nitrogens is 1. The smallest absolute Gasteiger partial charge is 0.269 e. The van der Waals surface area contributed by atoms with E-state index >= 15 is 0 Å². The number of ether oxygens (including phenoxy) is 1. The number of hydrogen-bond donors (Lipinski definition) is 1. The van der Waals surface area contributed by atoms with Crippen molar-refractivity contribution in [2.24, 2.45) is 0 Å². The molecule has 0 unspecified atom stereocenters. The normalized spacial score (nSPS) is 11.6. The van der Waals surface area contributed by atoms with E-state index in [0.717, 1.165) is 5.56 Å². The maximum Gasteiger partial charge on any atom is 0.269 e. The molecule has 0 fully saturated rings. The SMILES string of the molecule is CCc1nc2nc3ccn(-c4n[nH]c(COC)n4)c(=O)c3c(-c3ccc(Cl)cc3)n2n1. The third kappa shape index (κ3) is 3.25. The van der Waals surface area contributed by atoms with E-state index in [2.05, 4.69) is 30.2 Å². The summed E-state index contributed by atoms with van der Waals surface area (Å²) in [6.07, 6.45) is 2.24. The van der Waals surface area contributed by atoms with Crippen molar-refractivity contribution in [2.75, 3.05) is 7.11 Å². The molecule has 5 aromatic rings. The molecule has 1 aromatic carbocycles. The van der Waals surface area contributed by atoms with Gasteiger partial charge in [-0.3, -0.25) is 9.89 Å². The number of pyridine rings is 1. The van der Waals surface area contributed by atoms with Crippen LogP contribution in [0.4, 0.5) is 0 Å². The lowest BCUT2D eigenvalue weighted by Crippen LogP contribution is -2.21. The van der Waals surface area contributed by atoms with E-state index in [1.165, 1.54) is 4.57 Å². The number of rotatable bonds is 5. The monoisotopic (exact) mass is 436 g/mol. The largest absolute Gasteiger partial charge is 0.377 e. The molecule has 4 aromatic heterocycles. The average molecular weight is 437 g/mol. The highest BCUT2D eigenvalue weighted by Crippen LogP contribution is 2.27. The van der Waals surface area contributed by atoms with Crippen LogP contribution in [0.25, 0.3) is 33.9 Å². The van der Waals surface area contributed by atoms with Crippen LogP contribution in [0.5, 0.6) is 0 Å². The fourth-order valence-corrected chi connectivity index (χ4v) is 3.53. The molecule has 11 heteroatoms. The second-order valence-corrected chi connectivity index (χ2v) is 7.26. The van der Waals surface area contributed by atoms with Gasteiger partial charge in [-0.25, -0.2) is 9.55 Å². The molecule has 4 heterocycles. The zero-order valence-corrected chi connectivity index (χ0v) is 17.5. The Morgan fingerprint density at radius 2 is 1.94 bits per heavy atom. The first-order valence-electron chi connectivity index (χ1n) is 9.56. The van der Waals surface area contributed by atoms with Crippen molar-refractivity contribution >= 4 is 28.3 Å². The van der Waals surface area contributed by atoms with Gasteiger partial charge >= 0.3 is 0 Å². The summed E-state index contributed by atoms with van der Waals surface area (Å²) in [6.45, 7) is 2.22. The van der Waals surface area contributed by atoms with Crippen LogP contribution in [0.2, 0.25) is 5.02 Å². The molecule has 0 saturated heterocycles. The van der Waals surface area contributed by atoms with E-state index < -0.39 is 0 Å². The molecule has 1 N–H and O–H groups in total. The second kappa shape index (κ2) is 7.56. The lowest BCUT2D eigenvalue weighted by Gasteiger charge is -2.10. The Morgan fingerprint density at radius 3 is 2.68 bits per heavy atom. The molecular formula is C20H17ClN8O2. The first-order valence-corrected chi connectivity index (χ1v) is 9.94. The molecule has 0 spiro atoms. The van der Waals surface area contributed by atoms with Crippen LogP contribution in [0.15, 0.2) is 41.3 Å². The predicted molar refractivity (Wildman–Crippen MR) is 114 cm³/mol. The maximum atomic E-state index is 13.6. The molecule has 0 atom stereocenters. The highest BCUT2D eigenvalue weighted by molar-refractivity contribution is 6.30. The summed E-state index contributed by atoms with van der Waals surface area (Å²) in [5, 5.41) is 12.4. The van der Waals surface area contributed by atoms with E-state index in [-0.39, 0.29) is 18.1 Å². The van der Waals surface area contributed by atoms with Crippen molar-refractivity contribution in [3.8, 4) is 17.2 Å². The Hall–Kier alpha value is -3.63. The number of nitrogens with one attached hydrogen (secondary N) is 1. The van der Waals surface area contributed by atoms with Gasteiger partial charge in [0.15, 0.2) is 11.6 Å². The van der Waals surface area contributed by atoms with Crippen molar-refractivity contribution in [1.29, 1.82) is 0 Å². The molecular weight excluding hydrogens is 420 g/mol. The maximum absolute atomic E-state index is 13.6. The molecule has 0 aliphatic rings. The molecule has 0 saturated carbocycles. The minimum atomic E-state index is -0.326. The van der Waals surface area contributed by atoms with E-state index in [1.54, 1.807) is 36.0 Å². The first-order chi connectivity index (χ1) is 15.1. The Morgan fingerprint density at radius 1 is 1.13 bits per heavy atom. The minimum Gasteiger partial charge on any atom is -0.377 e. The minimum absolute atomic E-state index is 0.217. The zero-order valence-electron chi connectivity index (χ0n) is 16.7. The van der Waals surface area contributed by atoms with E-state index in [0.29, 0.717) is 45.5 Å². The molecule has 0 radical (unpaired) electrons. The number of hydrogen-bond acceptors (Lipinski definition) is 7. The second-order valence-electron chi connectivity index (χ2n) is 6.83. The number of fused-ring (bicyclic) bond motifs is 2. The lowest BCUT2D eigenvalue weighted by atomic mass is 10.1. The Kier molecular flexibility index (Phi) is 4.72. The van der Waals surface area contributed by atoms with Crippen LogP contribution < -0.4 is 5.56 Å². The summed E-state index contributed by atoms with van der Waals surface area (Å²) in [6, 6.07) is 8.94. The van der Waals surface area contributed by atoms with Crippen LogP contribution in [0.3, 0.4) is 0 Å². The summed E-state index contributed by atoms with van der Waals surface area (Å²) in [7, 11) is 1.56. The standard InChI is InChI=1S/C20H17ClN8O2/c1-3-14-23-19-22-13-8-9-28(20-24-15(10-31-2)25-26-20)18(30)16(13)17(29(19)27-14)11-4-6-12(21)7-5-11/h4-9H,3,10H2,1-2H3,(H,24,25,26). The van der Waals surface area contributed by atoms with E-state index in [1.807, 2.05) is 19.1 Å². The summed E-state index contributed by atoms with van der Waals surface area (Å²) in [4.78, 5) is 27.0. The zero-order chi connectivity index (χ0) is 21.5. The number of benzene rings is 1. The highest BCUT2D eigenvalue weighted by Gasteiger charge is 2.20. The highest BCUT2D eigenvalue weighted by atomic mass is 35.5. The fourth-order valence-electron chi connectivity index (χ4n) is 3.40. The van der Waals surface area contributed by atoms with Crippen LogP contribution in [-0.2, 0) is 17.8 Å². The van der Waals surface area contributed by atoms with Crippen LogP contribution in [0, 0.1) is 0 Å². The molecule has 31 heavy (non-hydrogen) atoms. The van der Waals surface area contributed by atoms with Gasteiger partial charge in [-0.05, 0) is 18.2 Å². The molecule has 5 rings (SSSR count). The summed E-state index contributed by atoms with van der Waals surface area (Å²) in [5.41, 5.74) is 1.52. The van der Waals surface area contributed by atoms with Crippen LogP contribution in [0.1, 0.15) is 18.6 Å². The topological polar surface area (TPSA) is 116 Å². The molecule has 0 aliphatic carbocycles. The van der Waals surface area contributed by atoms with Gasteiger partial charge in [-0.1, -0.05) is 30.7 Å². The van der Waals surface area contributed by atoms with Crippen molar-refractivity contribution in [1.82, 2.24) is 39.3 Å². The van der Waals surface area contributed by atoms with E-state index in [4.69, 9.17) is 16.3 Å². The number of aryl methyl sites for hydroxylation is 1. The number of aromatic nitrogens is 8. The third-order valence-electron chi connectivity index (χ3n) is 4.82. The molecule has 0 aliphatic heterocycles. The fraction of sp³-hybridized carbons (Fsp3) is 0.200. The molecule has 0 bridgehead atoms. The predicted octanol–water partition coefficient (Wildman–Crippen LogP) is 2.58. The number of aromatic amines is 1. The summed E-state index contributed by atoms with van der Waals surface area (Å²) < 4.78 is 8.03. The van der Waals surface area contributed by atoms with E-state index in [9.17, 15) is 4.79 Å². The molecule has 156 valence electrons. The van der Waals surface area contributed by atoms with Gasteiger partial charge in [0.25, 0.3) is 17.3 Å². The van der Waals surface area contributed by atoms with Crippen molar-refractivity contribution in [2.45, 2.75) is 20.0 Å². The first kappa shape index (κ1) is 19.3. The van der Waals surface area contributed by atoms with Gasteiger partial charge < -0.3 is 4.74 Å². The number of methoxy groups -OCH3 is 1. The van der Waals surface area contributed by atoms with Crippen molar-refractivity contribution in [3.05, 3.63) is 63.6 Å². The van der Waals surface area contributed by atoms with Gasteiger partial charge in [-0.2, -0.15) is 14.5 Å². The Bertz CT molecular complexity index is 1470. The van der Waals surface area contributed by atoms with Gasteiger partial charge in [0.05, 0.1) is 16.6 Å². The third-order valence-corrected chi connectivity index (χ3v) is 5.08. The lowest BCUT2D eigenvalue weighted by molar-refractivity contribution is 0.178. The number of halogens is 1.